The molecule has 0 aliphatic heterocycles. The zero-order chi connectivity index (χ0) is 14.7. The summed E-state index contributed by atoms with van der Waals surface area (Å²) in [5.74, 6) is 0. The van der Waals surface area contributed by atoms with Crippen LogP contribution >= 0.6 is 0 Å². The van der Waals surface area contributed by atoms with Crippen molar-refractivity contribution >= 4 is 5.69 Å². The number of nitrogens with two attached hydrogens (primary N) is 1. The lowest BCUT2D eigenvalue weighted by Crippen LogP contribution is -2.29. The van der Waals surface area contributed by atoms with E-state index in [0.717, 1.165) is 19.5 Å². The first-order valence-electron chi connectivity index (χ1n) is 7.17. The van der Waals surface area contributed by atoms with Crippen molar-refractivity contribution in [2.75, 3.05) is 25.0 Å². The van der Waals surface area contributed by atoms with Crippen molar-refractivity contribution in [2.45, 2.75) is 46.5 Å². The Morgan fingerprint density at radius 2 is 1.53 bits per heavy atom. The summed E-state index contributed by atoms with van der Waals surface area (Å²) in [6.07, 6.45) is 1.11. The molecule has 0 saturated carbocycles. The van der Waals surface area contributed by atoms with Crippen molar-refractivity contribution in [3.05, 3.63) is 29.8 Å². The third-order valence-corrected chi connectivity index (χ3v) is 3.85. The number of rotatable bonds is 5. The molecule has 0 aliphatic carbocycles. The molecule has 0 spiro atoms. The molecule has 0 heterocycles. The van der Waals surface area contributed by atoms with Crippen LogP contribution in [0.15, 0.2) is 24.3 Å². The first kappa shape index (κ1) is 16.0. The SMILES string of the molecule is CN(CCC(C)(C)CN)c1ccc(C(C)(C)C)cc1. The second-order valence-electron chi connectivity index (χ2n) is 7.34. The van der Waals surface area contributed by atoms with Gasteiger partial charge in [0, 0.05) is 19.3 Å². The fraction of sp³-hybridized carbons (Fsp3) is 0.647. The van der Waals surface area contributed by atoms with Gasteiger partial charge in [0.1, 0.15) is 0 Å². The summed E-state index contributed by atoms with van der Waals surface area (Å²) in [5, 5.41) is 0. The van der Waals surface area contributed by atoms with Crippen molar-refractivity contribution in [1.82, 2.24) is 0 Å². The minimum atomic E-state index is 0.221. The number of anilines is 1. The van der Waals surface area contributed by atoms with Crippen LogP contribution in [0.5, 0.6) is 0 Å². The molecule has 0 atom stereocenters. The average molecular weight is 262 g/mol. The van der Waals surface area contributed by atoms with E-state index in [4.69, 9.17) is 5.73 Å². The van der Waals surface area contributed by atoms with Gasteiger partial charge in [-0.2, -0.15) is 0 Å². The van der Waals surface area contributed by atoms with E-state index >= 15 is 0 Å². The highest BCUT2D eigenvalue weighted by Crippen LogP contribution is 2.25. The van der Waals surface area contributed by atoms with Gasteiger partial charge in [-0.1, -0.05) is 46.8 Å². The molecular formula is C17H30N2. The summed E-state index contributed by atoms with van der Waals surface area (Å²) in [7, 11) is 2.15. The molecule has 19 heavy (non-hydrogen) atoms. The van der Waals surface area contributed by atoms with Gasteiger partial charge in [-0.25, -0.2) is 0 Å². The van der Waals surface area contributed by atoms with Gasteiger partial charge in [-0.3, -0.25) is 0 Å². The van der Waals surface area contributed by atoms with Crippen LogP contribution in [0.3, 0.4) is 0 Å². The maximum absolute atomic E-state index is 5.78. The van der Waals surface area contributed by atoms with Crippen LogP contribution in [-0.2, 0) is 5.41 Å². The predicted octanol–water partition coefficient (Wildman–Crippen LogP) is 3.80. The minimum Gasteiger partial charge on any atom is -0.375 e. The maximum Gasteiger partial charge on any atom is 0.0363 e. The molecule has 1 aromatic rings. The quantitative estimate of drug-likeness (QED) is 0.874. The molecular weight excluding hydrogens is 232 g/mol. The molecule has 0 amide bonds. The molecule has 0 aromatic heterocycles. The summed E-state index contributed by atoms with van der Waals surface area (Å²) in [4.78, 5) is 2.31. The van der Waals surface area contributed by atoms with E-state index < -0.39 is 0 Å². The topological polar surface area (TPSA) is 29.3 Å². The van der Waals surface area contributed by atoms with E-state index in [1.165, 1.54) is 11.3 Å². The molecule has 0 fully saturated rings. The molecule has 1 rings (SSSR count). The summed E-state index contributed by atoms with van der Waals surface area (Å²) in [5.41, 5.74) is 8.88. The van der Waals surface area contributed by atoms with Crippen LogP contribution < -0.4 is 10.6 Å². The van der Waals surface area contributed by atoms with E-state index in [2.05, 4.69) is 70.8 Å². The summed E-state index contributed by atoms with van der Waals surface area (Å²) in [6, 6.07) is 8.91. The van der Waals surface area contributed by atoms with Gasteiger partial charge in [-0.15, -0.1) is 0 Å². The van der Waals surface area contributed by atoms with Gasteiger partial charge in [0.15, 0.2) is 0 Å². The number of nitrogens with zero attached hydrogens (tertiary/aromatic N) is 1. The lowest BCUT2D eigenvalue weighted by molar-refractivity contribution is 0.351. The fourth-order valence-corrected chi connectivity index (χ4v) is 1.92. The van der Waals surface area contributed by atoms with Gasteiger partial charge in [0.25, 0.3) is 0 Å². The van der Waals surface area contributed by atoms with E-state index in [1.807, 2.05) is 0 Å². The predicted molar refractivity (Wildman–Crippen MR) is 85.9 cm³/mol. The Morgan fingerprint density at radius 1 is 1.00 bits per heavy atom. The lowest BCUT2D eigenvalue weighted by Gasteiger charge is -2.28. The molecule has 2 N–H and O–H groups in total. The first-order chi connectivity index (χ1) is 8.65. The second kappa shape index (κ2) is 5.96. The molecule has 2 heteroatoms. The fourth-order valence-electron chi connectivity index (χ4n) is 1.92. The van der Waals surface area contributed by atoms with Crippen LogP contribution in [0.2, 0.25) is 0 Å². The molecule has 1 aromatic carbocycles. The van der Waals surface area contributed by atoms with Gasteiger partial charge < -0.3 is 10.6 Å². The van der Waals surface area contributed by atoms with Crippen molar-refractivity contribution in [1.29, 1.82) is 0 Å². The standard InChI is InChI=1S/C17H30N2/c1-16(2,3)14-7-9-15(10-8-14)19(6)12-11-17(4,5)13-18/h7-10H,11-13,18H2,1-6H3. The molecule has 0 radical (unpaired) electrons. The maximum atomic E-state index is 5.78. The highest BCUT2D eigenvalue weighted by molar-refractivity contribution is 5.47. The Hall–Kier alpha value is -1.02. The van der Waals surface area contributed by atoms with Gasteiger partial charge in [0.2, 0.25) is 0 Å². The zero-order valence-electron chi connectivity index (χ0n) is 13.5. The molecule has 108 valence electrons. The Kier molecular flexibility index (Phi) is 5.03. The van der Waals surface area contributed by atoms with E-state index in [1.54, 1.807) is 0 Å². The van der Waals surface area contributed by atoms with Crippen molar-refractivity contribution < 1.29 is 0 Å². The smallest absolute Gasteiger partial charge is 0.0363 e. The lowest BCUT2D eigenvalue weighted by atomic mass is 9.87. The molecule has 0 bridgehead atoms. The second-order valence-corrected chi connectivity index (χ2v) is 7.34. The summed E-state index contributed by atoms with van der Waals surface area (Å²) < 4.78 is 0. The summed E-state index contributed by atoms with van der Waals surface area (Å²) >= 11 is 0. The van der Waals surface area contributed by atoms with E-state index in [0.29, 0.717) is 0 Å². The highest BCUT2D eigenvalue weighted by Gasteiger charge is 2.17. The number of hydrogen-bond acceptors (Lipinski definition) is 2. The first-order valence-corrected chi connectivity index (χ1v) is 7.17. The van der Waals surface area contributed by atoms with Gasteiger partial charge >= 0.3 is 0 Å². The summed E-state index contributed by atoms with van der Waals surface area (Å²) in [6.45, 7) is 13.0. The highest BCUT2D eigenvalue weighted by atomic mass is 15.1. The molecule has 0 aliphatic rings. The van der Waals surface area contributed by atoms with Crippen LogP contribution in [0, 0.1) is 5.41 Å². The van der Waals surface area contributed by atoms with E-state index in [-0.39, 0.29) is 10.8 Å². The normalized spacial score (nSPS) is 12.6. The van der Waals surface area contributed by atoms with Crippen molar-refractivity contribution in [3.63, 3.8) is 0 Å². The number of hydrogen-bond donors (Lipinski definition) is 1. The average Bonchev–Trinajstić information content (AvgIpc) is 2.35. The number of benzene rings is 1. The Labute approximate surface area is 119 Å². The van der Waals surface area contributed by atoms with Gasteiger partial charge in [0.05, 0.1) is 0 Å². The van der Waals surface area contributed by atoms with Gasteiger partial charge in [-0.05, 0) is 41.5 Å². The van der Waals surface area contributed by atoms with Crippen molar-refractivity contribution in [3.8, 4) is 0 Å². The third-order valence-electron chi connectivity index (χ3n) is 3.85. The molecule has 0 saturated heterocycles. The molecule has 2 nitrogen and oxygen atoms in total. The monoisotopic (exact) mass is 262 g/mol. The molecule has 0 unspecified atom stereocenters. The van der Waals surface area contributed by atoms with Crippen LogP contribution in [-0.4, -0.2) is 20.1 Å². The Morgan fingerprint density at radius 3 is 1.95 bits per heavy atom. The van der Waals surface area contributed by atoms with Crippen LogP contribution in [0.1, 0.15) is 46.6 Å². The van der Waals surface area contributed by atoms with E-state index in [9.17, 15) is 0 Å². The van der Waals surface area contributed by atoms with Crippen LogP contribution in [0.4, 0.5) is 5.69 Å². The largest absolute Gasteiger partial charge is 0.375 e. The third kappa shape index (κ3) is 4.87. The minimum absolute atomic E-state index is 0.221. The zero-order valence-corrected chi connectivity index (χ0v) is 13.5. The van der Waals surface area contributed by atoms with Crippen LogP contribution in [0.25, 0.3) is 0 Å². The van der Waals surface area contributed by atoms with Crippen molar-refractivity contribution in [2.24, 2.45) is 11.1 Å². The Bertz CT molecular complexity index is 385. The Balaban J connectivity index is 2.66.